The van der Waals surface area contributed by atoms with E-state index in [2.05, 4.69) is 81.5 Å². The van der Waals surface area contributed by atoms with E-state index in [4.69, 9.17) is 4.74 Å². The summed E-state index contributed by atoms with van der Waals surface area (Å²) in [7, 11) is 0. The molecular weight excluding hydrogens is 419 g/mol. The Labute approximate surface area is 170 Å². The Hall–Kier alpha value is -1.03. The largest absolute Gasteiger partial charge is 0.457 e. The lowest BCUT2D eigenvalue weighted by Gasteiger charge is -2.13. The SMILES string of the molecule is C/C=C(\C)I.C/C=C/C(OC1=CC=CC(C)(C)C=C1)=C(\C)CC.CC. The lowest BCUT2D eigenvalue weighted by molar-refractivity contribution is 0.329. The zero-order valence-corrected chi connectivity index (χ0v) is 19.8. The molecule has 142 valence electrons. The minimum absolute atomic E-state index is 0.0892. The fraction of sp³-hybridized carbons (Fsp3) is 0.478. The molecule has 0 saturated heterocycles. The van der Waals surface area contributed by atoms with Crippen LogP contribution in [0.1, 0.15) is 68.7 Å². The van der Waals surface area contributed by atoms with Gasteiger partial charge in [-0.1, -0.05) is 65.0 Å². The third kappa shape index (κ3) is 13.9. The molecule has 0 heterocycles. The van der Waals surface area contributed by atoms with Crippen molar-refractivity contribution in [2.75, 3.05) is 0 Å². The molecule has 0 spiro atoms. The first kappa shape index (κ1) is 26.2. The van der Waals surface area contributed by atoms with E-state index in [9.17, 15) is 0 Å². The van der Waals surface area contributed by atoms with Crippen LogP contribution in [0.3, 0.4) is 0 Å². The van der Waals surface area contributed by atoms with Crippen molar-refractivity contribution in [3.63, 3.8) is 0 Å². The van der Waals surface area contributed by atoms with Gasteiger partial charge in [-0.2, -0.15) is 0 Å². The number of hydrogen-bond donors (Lipinski definition) is 0. The number of ether oxygens (including phenoxy) is 1. The summed E-state index contributed by atoms with van der Waals surface area (Å²) in [6.45, 7) is 18.7. The van der Waals surface area contributed by atoms with Crippen LogP contribution in [0.25, 0.3) is 0 Å². The maximum Gasteiger partial charge on any atom is 0.127 e. The van der Waals surface area contributed by atoms with Gasteiger partial charge >= 0.3 is 0 Å². The molecule has 0 atom stereocenters. The Kier molecular flexibility index (Phi) is 16.0. The highest BCUT2D eigenvalue weighted by Crippen LogP contribution is 2.24. The monoisotopic (exact) mass is 456 g/mol. The second-order valence-corrected chi connectivity index (χ2v) is 7.76. The number of hydrogen-bond acceptors (Lipinski definition) is 1. The van der Waals surface area contributed by atoms with Gasteiger partial charge in [0, 0.05) is 5.41 Å². The van der Waals surface area contributed by atoms with Crippen LogP contribution in [-0.2, 0) is 4.74 Å². The van der Waals surface area contributed by atoms with Gasteiger partial charge in [0.2, 0.25) is 0 Å². The van der Waals surface area contributed by atoms with E-state index < -0.39 is 0 Å². The molecule has 1 aliphatic carbocycles. The Bertz CT molecular complexity index is 536. The Morgan fingerprint density at radius 3 is 2.16 bits per heavy atom. The van der Waals surface area contributed by atoms with Crippen molar-refractivity contribution >= 4 is 22.6 Å². The zero-order valence-electron chi connectivity index (χ0n) is 17.6. The van der Waals surface area contributed by atoms with E-state index in [1.165, 1.54) is 9.15 Å². The van der Waals surface area contributed by atoms with Crippen molar-refractivity contribution in [1.82, 2.24) is 0 Å². The maximum atomic E-state index is 5.97. The fourth-order valence-electron chi connectivity index (χ4n) is 1.58. The Balaban J connectivity index is 0. The third-order valence-corrected chi connectivity index (χ3v) is 3.98. The molecule has 1 rings (SSSR count). The summed E-state index contributed by atoms with van der Waals surface area (Å²) < 4.78 is 7.32. The van der Waals surface area contributed by atoms with E-state index >= 15 is 0 Å². The molecule has 0 unspecified atom stereocenters. The first-order valence-corrected chi connectivity index (χ1v) is 10.2. The van der Waals surface area contributed by atoms with Crippen molar-refractivity contribution in [3.05, 3.63) is 69.3 Å². The topological polar surface area (TPSA) is 9.23 Å². The molecule has 1 nitrogen and oxygen atoms in total. The second kappa shape index (κ2) is 15.2. The second-order valence-electron chi connectivity index (χ2n) is 6.06. The molecule has 0 fully saturated rings. The molecule has 0 saturated carbocycles. The van der Waals surface area contributed by atoms with Gasteiger partial charge in [-0.25, -0.2) is 0 Å². The van der Waals surface area contributed by atoms with E-state index in [1.54, 1.807) is 0 Å². The van der Waals surface area contributed by atoms with Crippen LogP contribution in [0.15, 0.2) is 69.3 Å². The highest BCUT2D eigenvalue weighted by Gasteiger charge is 2.11. The predicted molar refractivity (Wildman–Crippen MR) is 124 cm³/mol. The van der Waals surface area contributed by atoms with Crippen LogP contribution in [-0.4, -0.2) is 0 Å². The smallest absolute Gasteiger partial charge is 0.127 e. The van der Waals surface area contributed by atoms with Gasteiger partial charge in [-0.15, -0.1) is 0 Å². The Morgan fingerprint density at radius 2 is 1.72 bits per heavy atom. The van der Waals surface area contributed by atoms with Crippen molar-refractivity contribution in [1.29, 1.82) is 0 Å². The minimum Gasteiger partial charge on any atom is -0.457 e. The predicted octanol–water partition coefficient (Wildman–Crippen LogP) is 8.67. The van der Waals surface area contributed by atoms with Crippen molar-refractivity contribution in [2.45, 2.75) is 68.7 Å². The lowest BCUT2D eigenvalue weighted by Crippen LogP contribution is -2.00. The van der Waals surface area contributed by atoms with Gasteiger partial charge in [0.25, 0.3) is 0 Å². The summed E-state index contributed by atoms with van der Waals surface area (Å²) in [6.07, 6.45) is 17.6. The molecular formula is C23H37IO. The highest BCUT2D eigenvalue weighted by atomic mass is 127. The molecule has 1 aliphatic rings. The van der Waals surface area contributed by atoms with Gasteiger partial charge < -0.3 is 4.74 Å². The number of allylic oxidation sites excluding steroid dienone is 10. The van der Waals surface area contributed by atoms with Gasteiger partial charge in [0.1, 0.15) is 11.5 Å². The van der Waals surface area contributed by atoms with Crippen LogP contribution in [0, 0.1) is 5.41 Å². The van der Waals surface area contributed by atoms with E-state index in [1.807, 2.05) is 52.0 Å². The summed E-state index contributed by atoms with van der Waals surface area (Å²) in [5.74, 6) is 1.83. The van der Waals surface area contributed by atoms with Crippen molar-refractivity contribution in [2.24, 2.45) is 5.41 Å². The number of rotatable bonds is 4. The summed E-state index contributed by atoms with van der Waals surface area (Å²) in [5, 5.41) is 0. The normalized spacial score (nSPS) is 16.7. The highest BCUT2D eigenvalue weighted by molar-refractivity contribution is 14.1. The van der Waals surface area contributed by atoms with Crippen LogP contribution < -0.4 is 0 Å². The molecule has 2 heteroatoms. The molecule has 0 radical (unpaired) electrons. The van der Waals surface area contributed by atoms with Crippen LogP contribution in [0.5, 0.6) is 0 Å². The van der Waals surface area contributed by atoms with Crippen LogP contribution in [0.2, 0.25) is 0 Å². The van der Waals surface area contributed by atoms with E-state index in [-0.39, 0.29) is 5.41 Å². The molecule has 25 heavy (non-hydrogen) atoms. The molecule has 0 aromatic rings. The van der Waals surface area contributed by atoms with Gasteiger partial charge in [0.05, 0.1) is 0 Å². The van der Waals surface area contributed by atoms with Gasteiger partial charge in [-0.05, 0) is 84.1 Å². The van der Waals surface area contributed by atoms with Crippen LogP contribution >= 0.6 is 22.6 Å². The average molecular weight is 456 g/mol. The van der Waals surface area contributed by atoms with Crippen molar-refractivity contribution in [3.8, 4) is 0 Å². The summed E-state index contributed by atoms with van der Waals surface area (Å²) in [4.78, 5) is 0. The first-order chi connectivity index (χ1) is 11.8. The van der Waals surface area contributed by atoms with Crippen molar-refractivity contribution < 1.29 is 4.74 Å². The maximum absolute atomic E-state index is 5.97. The molecule has 0 aliphatic heterocycles. The zero-order chi connectivity index (χ0) is 19.9. The van der Waals surface area contributed by atoms with Gasteiger partial charge in [0.15, 0.2) is 0 Å². The molecule has 0 N–H and O–H groups in total. The Morgan fingerprint density at radius 1 is 1.16 bits per heavy atom. The van der Waals surface area contributed by atoms with Crippen LogP contribution in [0.4, 0.5) is 0 Å². The quantitative estimate of drug-likeness (QED) is 0.234. The summed E-state index contributed by atoms with van der Waals surface area (Å²) in [6, 6.07) is 0. The fourth-order valence-corrected chi connectivity index (χ4v) is 1.58. The summed E-state index contributed by atoms with van der Waals surface area (Å²) >= 11 is 2.27. The molecule has 0 amide bonds. The average Bonchev–Trinajstić information content (AvgIpc) is 2.76. The third-order valence-electron chi connectivity index (χ3n) is 3.36. The summed E-state index contributed by atoms with van der Waals surface area (Å²) in [5.41, 5.74) is 1.35. The minimum atomic E-state index is 0.0892. The van der Waals surface area contributed by atoms with E-state index in [0.29, 0.717) is 0 Å². The lowest BCUT2D eigenvalue weighted by atomic mass is 9.93. The van der Waals surface area contributed by atoms with E-state index in [0.717, 1.165) is 17.9 Å². The molecule has 0 bridgehead atoms. The number of halogens is 1. The molecule has 0 aromatic heterocycles. The molecule has 0 aromatic carbocycles. The first-order valence-electron chi connectivity index (χ1n) is 9.13. The standard InChI is InChI=1S/C17H24O.C4H7I.C2H6/c1-6-9-16(14(3)7-2)18-15-10-8-12-17(4,5)13-11-15;1-3-4(2)5;1-2/h6,8-13H,7H2,1-5H3;3H,1-2H3;1-2H3/b9-6+,16-14-;4-3+;. The van der Waals surface area contributed by atoms with Gasteiger partial charge in [-0.3, -0.25) is 0 Å².